The first-order valence-electron chi connectivity index (χ1n) is 8.44. The molecule has 0 bridgehead atoms. The van der Waals surface area contributed by atoms with Gasteiger partial charge in [0, 0.05) is 17.4 Å². The van der Waals surface area contributed by atoms with Gasteiger partial charge in [-0.25, -0.2) is 4.39 Å². The summed E-state index contributed by atoms with van der Waals surface area (Å²) in [7, 11) is 0. The van der Waals surface area contributed by atoms with Crippen molar-refractivity contribution in [2.24, 2.45) is 0 Å². The molecule has 2 aromatic carbocycles. The Labute approximate surface area is 180 Å². The predicted octanol–water partition coefficient (Wildman–Crippen LogP) is 4.84. The SMILES string of the molecule is N#CC1=C(SCC(=O)Nc2ccc(Cl)cc2Cl)NC(=O)C[C@@H]1c1ccc(F)cc1. The molecular weight excluding hydrogens is 436 g/mol. The van der Waals surface area contributed by atoms with E-state index in [-0.39, 0.29) is 24.0 Å². The Morgan fingerprint density at radius 3 is 2.66 bits per heavy atom. The highest BCUT2D eigenvalue weighted by atomic mass is 35.5. The van der Waals surface area contributed by atoms with E-state index in [0.717, 1.165) is 11.8 Å². The molecule has 1 heterocycles. The summed E-state index contributed by atoms with van der Waals surface area (Å²) in [6, 6.07) is 12.5. The summed E-state index contributed by atoms with van der Waals surface area (Å²) >= 11 is 12.9. The molecule has 1 aliphatic rings. The lowest BCUT2D eigenvalue weighted by molar-refractivity contribution is -0.121. The molecule has 1 aliphatic heterocycles. The van der Waals surface area contributed by atoms with Crippen LogP contribution < -0.4 is 10.6 Å². The molecule has 1 atom stereocenters. The topological polar surface area (TPSA) is 82.0 Å². The lowest BCUT2D eigenvalue weighted by atomic mass is 9.87. The minimum Gasteiger partial charge on any atom is -0.324 e. The molecule has 0 spiro atoms. The van der Waals surface area contributed by atoms with Crippen molar-refractivity contribution in [2.75, 3.05) is 11.1 Å². The van der Waals surface area contributed by atoms with Crippen molar-refractivity contribution in [1.29, 1.82) is 5.26 Å². The summed E-state index contributed by atoms with van der Waals surface area (Å²) in [5.74, 6) is -1.58. The highest BCUT2D eigenvalue weighted by molar-refractivity contribution is 8.03. The van der Waals surface area contributed by atoms with Gasteiger partial charge in [-0.1, -0.05) is 47.1 Å². The van der Waals surface area contributed by atoms with Gasteiger partial charge in [-0.15, -0.1) is 0 Å². The van der Waals surface area contributed by atoms with Gasteiger partial charge < -0.3 is 10.6 Å². The fourth-order valence-corrected chi connectivity index (χ4v) is 4.16. The van der Waals surface area contributed by atoms with E-state index in [1.807, 2.05) is 0 Å². The molecule has 2 aromatic rings. The largest absolute Gasteiger partial charge is 0.324 e. The summed E-state index contributed by atoms with van der Waals surface area (Å²) in [5.41, 5.74) is 1.40. The van der Waals surface area contributed by atoms with E-state index in [4.69, 9.17) is 23.2 Å². The van der Waals surface area contributed by atoms with Crippen LogP contribution in [0.5, 0.6) is 0 Å². The Kier molecular flexibility index (Phi) is 6.80. The fourth-order valence-electron chi connectivity index (χ4n) is 2.83. The number of nitrogens with one attached hydrogen (secondary N) is 2. The molecule has 0 aliphatic carbocycles. The second kappa shape index (κ2) is 9.31. The zero-order valence-electron chi connectivity index (χ0n) is 14.8. The maximum atomic E-state index is 13.2. The Hall–Kier alpha value is -2.53. The third-order valence-corrected chi connectivity index (χ3v) is 5.75. The number of amides is 2. The number of hydrogen-bond acceptors (Lipinski definition) is 4. The number of nitriles is 1. The maximum absolute atomic E-state index is 13.2. The van der Waals surface area contributed by atoms with Gasteiger partial charge >= 0.3 is 0 Å². The molecular formula is C20H14Cl2FN3O2S. The van der Waals surface area contributed by atoms with Crippen LogP contribution >= 0.6 is 35.0 Å². The number of carbonyl (C=O) groups excluding carboxylic acids is 2. The second-order valence-electron chi connectivity index (χ2n) is 6.17. The monoisotopic (exact) mass is 449 g/mol. The van der Waals surface area contributed by atoms with Gasteiger partial charge in [-0.2, -0.15) is 5.26 Å². The number of hydrogen-bond donors (Lipinski definition) is 2. The summed E-state index contributed by atoms with van der Waals surface area (Å²) in [6.07, 6.45) is 0.0746. The van der Waals surface area contributed by atoms with Crippen LogP contribution in [0.15, 0.2) is 53.1 Å². The van der Waals surface area contributed by atoms with Crippen molar-refractivity contribution >= 4 is 52.5 Å². The van der Waals surface area contributed by atoms with Crippen molar-refractivity contribution < 1.29 is 14.0 Å². The number of benzene rings is 2. The molecule has 0 unspecified atom stereocenters. The normalized spacial score (nSPS) is 16.2. The third kappa shape index (κ3) is 5.30. The fraction of sp³-hybridized carbons (Fsp3) is 0.150. The van der Waals surface area contributed by atoms with E-state index in [0.29, 0.717) is 31.9 Å². The van der Waals surface area contributed by atoms with E-state index < -0.39 is 11.7 Å². The minimum atomic E-state index is -0.495. The molecule has 0 aromatic heterocycles. The first-order chi connectivity index (χ1) is 13.9. The average Bonchev–Trinajstić information content (AvgIpc) is 2.68. The van der Waals surface area contributed by atoms with Crippen molar-refractivity contribution in [1.82, 2.24) is 5.32 Å². The molecule has 0 radical (unpaired) electrons. The first kappa shape index (κ1) is 21.2. The zero-order valence-corrected chi connectivity index (χ0v) is 17.2. The number of allylic oxidation sites excluding steroid dienone is 1. The summed E-state index contributed by atoms with van der Waals surface area (Å²) < 4.78 is 13.2. The van der Waals surface area contributed by atoms with Gasteiger partial charge in [0.1, 0.15) is 5.82 Å². The number of rotatable bonds is 5. The molecule has 2 N–H and O–H groups in total. The number of anilines is 1. The Bertz CT molecular complexity index is 1040. The number of carbonyl (C=O) groups is 2. The Morgan fingerprint density at radius 1 is 1.28 bits per heavy atom. The van der Waals surface area contributed by atoms with Crippen LogP contribution in [0.3, 0.4) is 0 Å². The Balaban J connectivity index is 1.75. The van der Waals surface area contributed by atoms with Crippen LogP contribution in [-0.2, 0) is 9.59 Å². The third-order valence-electron chi connectivity index (χ3n) is 4.18. The van der Waals surface area contributed by atoms with Crippen LogP contribution in [0.2, 0.25) is 10.0 Å². The van der Waals surface area contributed by atoms with E-state index in [1.165, 1.54) is 18.2 Å². The standard InChI is InChI=1S/C20H14Cl2FN3O2S/c21-12-3-6-17(16(22)7-12)25-19(28)10-29-20-15(9-24)14(8-18(27)26-20)11-1-4-13(23)5-2-11/h1-7,14H,8,10H2,(H,25,28)(H,26,27)/t14-/m1/s1. The molecule has 9 heteroatoms. The van der Waals surface area contributed by atoms with Crippen LogP contribution in [0.4, 0.5) is 10.1 Å². The van der Waals surface area contributed by atoms with Gasteiger partial charge in [0.25, 0.3) is 0 Å². The molecule has 148 valence electrons. The first-order valence-corrected chi connectivity index (χ1v) is 10.2. The molecule has 0 saturated carbocycles. The molecule has 5 nitrogen and oxygen atoms in total. The minimum absolute atomic E-state index is 0.0457. The smallest absolute Gasteiger partial charge is 0.234 e. The van der Waals surface area contributed by atoms with E-state index in [2.05, 4.69) is 16.7 Å². The Morgan fingerprint density at radius 2 is 2.00 bits per heavy atom. The summed E-state index contributed by atoms with van der Waals surface area (Å²) in [4.78, 5) is 24.4. The van der Waals surface area contributed by atoms with Gasteiger partial charge in [0.15, 0.2) is 0 Å². The lowest BCUT2D eigenvalue weighted by Gasteiger charge is -2.25. The number of thioether (sulfide) groups is 1. The lowest BCUT2D eigenvalue weighted by Crippen LogP contribution is -2.31. The van der Waals surface area contributed by atoms with Crippen molar-refractivity contribution in [3.63, 3.8) is 0 Å². The van der Waals surface area contributed by atoms with E-state index in [9.17, 15) is 19.2 Å². The summed E-state index contributed by atoms with van der Waals surface area (Å²) in [6.45, 7) is 0. The highest BCUT2D eigenvalue weighted by Gasteiger charge is 2.29. The van der Waals surface area contributed by atoms with E-state index >= 15 is 0 Å². The predicted molar refractivity (Wildman–Crippen MR) is 112 cm³/mol. The molecule has 0 fully saturated rings. The van der Waals surface area contributed by atoms with Gasteiger partial charge in [-0.05, 0) is 35.9 Å². The maximum Gasteiger partial charge on any atom is 0.234 e. The van der Waals surface area contributed by atoms with Crippen LogP contribution in [0.25, 0.3) is 0 Å². The van der Waals surface area contributed by atoms with Crippen molar-refractivity contribution in [3.05, 3.63) is 74.5 Å². The van der Waals surface area contributed by atoms with Gasteiger partial charge in [-0.3, -0.25) is 9.59 Å². The molecule has 2 amide bonds. The number of halogens is 3. The van der Waals surface area contributed by atoms with Crippen LogP contribution in [-0.4, -0.2) is 17.6 Å². The highest BCUT2D eigenvalue weighted by Crippen LogP contribution is 2.36. The summed E-state index contributed by atoms with van der Waals surface area (Å²) in [5, 5.41) is 16.0. The van der Waals surface area contributed by atoms with Gasteiger partial charge in [0.05, 0.1) is 33.1 Å². The zero-order chi connectivity index (χ0) is 21.0. The molecule has 0 saturated heterocycles. The number of nitrogens with zero attached hydrogens (tertiary/aromatic N) is 1. The van der Waals surface area contributed by atoms with Crippen LogP contribution in [0, 0.1) is 17.1 Å². The van der Waals surface area contributed by atoms with Gasteiger partial charge in [0.2, 0.25) is 11.8 Å². The van der Waals surface area contributed by atoms with Crippen molar-refractivity contribution in [3.8, 4) is 6.07 Å². The average molecular weight is 450 g/mol. The van der Waals surface area contributed by atoms with Crippen LogP contribution in [0.1, 0.15) is 17.9 Å². The molecule has 3 rings (SSSR count). The van der Waals surface area contributed by atoms with Crippen molar-refractivity contribution in [2.45, 2.75) is 12.3 Å². The quantitative estimate of drug-likeness (QED) is 0.683. The molecule has 29 heavy (non-hydrogen) atoms. The van der Waals surface area contributed by atoms with E-state index in [1.54, 1.807) is 24.3 Å². The second-order valence-corrected chi connectivity index (χ2v) is 8.00.